The Morgan fingerprint density at radius 2 is 0.933 bits per heavy atom. The lowest BCUT2D eigenvalue weighted by Gasteiger charge is -2.40. The molecule has 0 rings (SSSR count). The van der Waals surface area contributed by atoms with Crippen molar-refractivity contribution in [1.82, 2.24) is 0 Å². The fourth-order valence-electron chi connectivity index (χ4n) is 2.22. The molecule has 0 N–H and O–H groups in total. The molecule has 0 heterocycles. The van der Waals surface area contributed by atoms with Gasteiger partial charge in [0.05, 0.1) is 5.92 Å². The fourth-order valence-corrected chi connectivity index (χ4v) is 2.22. The van der Waals surface area contributed by atoms with E-state index < -0.39 is 66.6 Å². The molecule has 0 radical (unpaired) electrons. The maximum atomic E-state index is 13.7. The number of hydrogen-bond acceptors (Lipinski definition) is 0. The molecule has 0 aliphatic carbocycles. The van der Waals surface area contributed by atoms with Gasteiger partial charge in [0.2, 0.25) is 0 Å². The molecule has 0 spiro atoms. The van der Waals surface area contributed by atoms with Crippen LogP contribution in [0.1, 0.15) is 33.1 Å². The van der Waals surface area contributed by atoms with Crippen molar-refractivity contribution in [3.8, 4) is 0 Å². The summed E-state index contributed by atoms with van der Waals surface area (Å²) < 4.78 is 207. The SMILES string of the molecule is CCC(C)CC(CC(F)(F)C(F)(F)C(F)(F)C(F)(F)C(F)(F)C(F)(F)F)C(F)(F)F. The van der Waals surface area contributed by atoms with Gasteiger partial charge in [-0.1, -0.05) is 20.3 Å². The van der Waals surface area contributed by atoms with Gasteiger partial charge in [-0.25, -0.2) is 0 Å². The van der Waals surface area contributed by atoms with E-state index in [1.54, 1.807) is 0 Å². The molecule has 0 fully saturated rings. The van der Waals surface area contributed by atoms with E-state index in [-0.39, 0.29) is 6.42 Å². The van der Waals surface area contributed by atoms with Gasteiger partial charge in [-0.05, 0) is 12.3 Å². The second-order valence-corrected chi connectivity index (χ2v) is 6.69. The lowest BCUT2D eigenvalue weighted by molar-refractivity contribution is -0.441. The highest BCUT2D eigenvalue weighted by molar-refractivity contribution is 5.10. The van der Waals surface area contributed by atoms with E-state index in [1.807, 2.05) is 0 Å². The predicted octanol–water partition coefficient (Wildman–Crippen LogP) is 7.73. The Hall–Kier alpha value is -1.12. The summed E-state index contributed by atoms with van der Waals surface area (Å²) in [6, 6.07) is 0. The van der Waals surface area contributed by atoms with Crippen LogP contribution in [-0.4, -0.2) is 42.0 Å². The molecule has 0 aromatic heterocycles. The molecule has 0 bridgehead atoms. The van der Waals surface area contributed by atoms with E-state index in [0.717, 1.165) is 6.92 Å². The third kappa shape index (κ3) is 4.86. The van der Waals surface area contributed by atoms with Gasteiger partial charge >= 0.3 is 42.0 Å². The Bertz CT molecular complexity index is 569. The van der Waals surface area contributed by atoms with Crippen LogP contribution < -0.4 is 0 Å². The highest BCUT2D eigenvalue weighted by Crippen LogP contribution is 2.61. The number of rotatable bonds is 9. The van der Waals surface area contributed by atoms with Gasteiger partial charge in [-0.3, -0.25) is 0 Å². The minimum Gasteiger partial charge on any atom is -0.200 e. The summed E-state index contributed by atoms with van der Waals surface area (Å²) in [5.74, 6) is -43.2. The maximum Gasteiger partial charge on any atom is 0.460 e. The van der Waals surface area contributed by atoms with Crippen LogP contribution >= 0.6 is 0 Å². The lowest BCUT2D eigenvalue weighted by Crippen LogP contribution is -2.70. The van der Waals surface area contributed by atoms with Crippen molar-refractivity contribution in [1.29, 1.82) is 0 Å². The van der Waals surface area contributed by atoms with E-state index in [2.05, 4.69) is 0 Å². The third-order valence-electron chi connectivity index (χ3n) is 4.35. The summed E-state index contributed by atoms with van der Waals surface area (Å²) in [5.41, 5.74) is 0. The molecular formula is C14H14F16. The zero-order valence-electron chi connectivity index (χ0n) is 14.8. The van der Waals surface area contributed by atoms with Gasteiger partial charge in [0.25, 0.3) is 0 Å². The first-order valence-corrected chi connectivity index (χ1v) is 7.83. The minimum absolute atomic E-state index is 0.138. The maximum absolute atomic E-state index is 13.7. The molecule has 0 aromatic rings. The normalized spacial score (nSPS) is 17.8. The van der Waals surface area contributed by atoms with Crippen molar-refractivity contribution in [2.75, 3.05) is 0 Å². The Kier molecular flexibility index (Phi) is 7.79. The second-order valence-electron chi connectivity index (χ2n) is 6.69. The van der Waals surface area contributed by atoms with Gasteiger partial charge < -0.3 is 0 Å². The summed E-state index contributed by atoms with van der Waals surface area (Å²) in [7, 11) is 0. The fraction of sp³-hybridized carbons (Fsp3) is 1.00. The second kappa shape index (κ2) is 8.10. The van der Waals surface area contributed by atoms with Crippen LogP contribution in [0.4, 0.5) is 70.2 Å². The molecule has 0 aliphatic rings. The summed E-state index contributed by atoms with van der Waals surface area (Å²) in [5, 5.41) is 0. The predicted molar refractivity (Wildman–Crippen MR) is 69.0 cm³/mol. The molecule has 0 nitrogen and oxygen atoms in total. The van der Waals surface area contributed by atoms with Crippen molar-refractivity contribution >= 4 is 0 Å². The van der Waals surface area contributed by atoms with E-state index in [0.29, 0.717) is 0 Å². The molecule has 2 unspecified atom stereocenters. The van der Waals surface area contributed by atoms with E-state index >= 15 is 0 Å². The molecule has 0 aromatic carbocycles. The van der Waals surface area contributed by atoms with Crippen LogP contribution in [0, 0.1) is 11.8 Å². The first-order valence-electron chi connectivity index (χ1n) is 7.83. The lowest BCUT2D eigenvalue weighted by atomic mass is 9.84. The summed E-state index contributed by atoms with van der Waals surface area (Å²) in [4.78, 5) is 0. The van der Waals surface area contributed by atoms with Gasteiger partial charge in [0.1, 0.15) is 0 Å². The summed E-state index contributed by atoms with van der Waals surface area (Å²) >= 11 is 0. The van der Waals surface area contributed by atoms with Crippen LogP contribution in [0.5, 0.6) is 0 Å². The van der Waals surface area contributed by atoms with Gasteiger partial charge in [0, 0.05) is 6.42 Å². The molecule has 0 aliphatic heterocycles. The zero-order valence-corrected chi connectivity index (χ0v) is 14.8. The molecule has 2 atom stereocenters. The number of alkyl halides is 16. The topological polar surface area (TPSA) is 0 Å². The van der Waals surface area contributed by atoms with Crippen LogP contribution in [0.3, 0.4) is 0 Å². The van der Waals surface area contributed by atoms with Gasteiger partial charge in [-0.2, -0.15) is 70.2 Å². The van der Waals surface area contributed by atoms with Crippen molar-refractivity contribution in [3.05, 3.63) is 0 Å². The molecule has 16 heteroatoms. The number of hydrogen-bond donors (Lipinski definition) is 0. The molecule has 0 amide bonds. The van der Waals surface area contributed by atoms with Crippen LogP contribution in [-0.2, 0) is 0 Å². The van der Waals surface area contributed by atoms with Crippen molar-refractivity contribution in [2.45, 2.75) is 75.1 Å². The Balaban J connectivity index is 6.28. The van der Waals surface area contributed by atoms with Gasteiger partial charge in [-0.15, -0.1) is 0 Å². The standard InChI is InChI=1S/C14H14F16/c1-3-6(2)4-7(9(17,18)19)5-8(15,16)10(20,21)11(22,23)12(24,25)13(26,27)14(28,29)30/h6-7H,3-5H2,1-2H3. The Morgan fingerprint density at radius 1 is 0.567 bits per heavy atom. The van der Waals surface area contributed by atoms with Crippen molar-refractivity contribution in [3.63, 3.8) is 0 Å². The summed E-state index contributed by atoms with van der Waals surface area (Å²) in [6.07, 6.45) is -18.0. The smallest absolute Gasteiger partial charge is 0.200 e. The van der Waals surface area contributed by atoms with Crippen LogP contribution in [0.2, 0.25) is 0 Å². The average molecular weight is 486 g/mol. The quantitative estimate of drug-likeness (QED) is 0.293. The molecule has 0 saturated carbocycles. The number of halogens is 16. The largest absolute Gasteiger partial charge is 0.460 e. The first kappa shape index (κ1) is 28.9. The van der Waals surface area contributed by atoms with Crippen molar-refractivity contribution < 1.29 is 70.2 Å². The van der Waals surface area contributed by atoms with Crippen LogP contribution in [0.25, 0.3) is 0 Å². The molecule has 182 valence electrons. The third-order valence-corrected chi connectivity index (χ3v) is 4.35. The monoisotopic (exact) mass is 486 g/mol. The average Bonchev–Trinajstić information content (AvgIpc) is 2.50. The molecule has 0 saturated heterocycles. The highest BCUT2D eigenvalue weighted by atomic mass is 19.4. The van der Waals surface area contributed by atoms with Crippen molar-refractivity contribution in [2.24, 2.45) is 11.8 Å². The highest BCUT2D eigenvalue weighted by Gasteiger charge is 2.90. The first-order chi connectivity index (χ1) is 12.8. The Labute approximate surface area is 158 Å². The Morgan fingerprint density at radius 3 is 1.23 bits per heavy atom. The molecule has 30 heavy (non-hydrogen) atoms. The van der Waals surface area contributed by atoms with E-state index in [9.17, 15) is 70.2 Å². The zero-order chi connectivity index (χ0) is 24.8. The van der Waals surface area contributed by atoms with Gasteiger partial charge in [0.15, 0.2) is 0 Å². The van der Waals surface area contributed by atoms with E-state index in [1.165, 1.54) is 6.92 Å². The minimum atomic E-state index is -8.13. The van der Waals surface area contributed by atoms with Crippen LogP contribution in [0.15, 0.2) is 0 Å². The summed E-state index contributed by atoms with van der Waals surface area (Å²) in [6.45, 7) is 2.25. The van der Waals surface area contributed by atoms with E-state index in [4.69, 9.17) is 0 Å². The molecular weight excluding hydrogens is 472 g/mol.